The Hall–Kier alpha value is -0.150. The van der Waals surface area contributed by atoms with Gasteiger partial charge in [0.2, 0.25) is 0 Å². The number of alkyl halides is 3. The molecule has 0 spiro atoms. The van der Waals surface area contributed by atoms with Crippen molar-refractivity contribution < 1.29 is 57.1 Å². The van der Waals surface area contributed by atoms with Crippen molar-refractivity contribution in [1.82, 2.24) is 4.98 Å². The molecule has 1 N–H and O–H groups in total. The SMILES string of the molecule is O=S(=O)(O)c1ccc(C(F)(F)F)cn1.[H-].[Na+]. The summed E-state index contributed by atoms with van der Waals surface area (Å²) in [4.78, 5) is 2.96. The normalized spacial score (nSPS) is 12.0. The van der Waals surface area contributed by atoms with Gasteiger partial charge in [0, 0.05) is 6.20 Å². The van der Waals surface area contributed by atoms with Crippen LogP contribution in [0.1, 0.15) is 6.99 Å². The Kier molecular flexibility index (Phi) is 4.74. The smallest absolute Gasteiger partial charge is 1.00 e. The molecule has 15 heavy (non-hydrogen) atoms. The van der Waals surface area contributed by atoms with Gasteiger partial charge in [-0.25, -0.2) is 4.98 Å². The average molecular weight is 251 g/mol. The monoisotopic (exact) mass is 251 g/mol. The van der Waals surface area contributed by atoms with Gasteiger partial charge in [-0.05, 0) is 12.1 Å². The van der Waals surface area contributed by atoms with E-state index in [0.29, 0.717) is 18.3 Å². The van der Waals surface area contributed by atoms with Crippen LogP contribution in [-0.2, 0) is 16.3 Å². The Morgan fingerprint density at radius 2 is 1.87 bits per heavy atom. The molecule has 0 saturated carbocycles. The molecule has 4 nitrogen and oxygen atoms in total. The first-order valence-electron chi connectivity index (χ1n) is 3.22. The van der Waals surface area contributed by atoms with Crippen molar-refractivity contribution in [3.63, 3.8) is 0 Å². The molecule has 0 fully saturated rings. The molecule has 0 bridgehead atoms. The fourth-order valence-electron chi connectivity index (χ4n) is 0.701. The van der Waals surface area contributed by atoms with Crippen molar-refractivity contribution in [1.29, 1.82) is 0 Å². The molecule has 0 radical (unpaired) electrons. The Labute approximate surface area is 107 Å². The van der Waals surface area contributed by atoms with Gasteiger partial charge in [-0.1, -0.05) is 0 Å². The van der Waals surface area contributed by atoms with Gasteiger partial charge >= 0.3 is 45.9 Å². The third-order valence-corrected chi connectivity index (χ3v) is 2.10. The maximum Gasteiger partial charge on any atom is 1.00 e. The van der Waals surface area contributed by atoms with E-state index in [1.807, 2.05) is 0 Å². The van der Waals surface area contributed by atoms with Crippen molar-refractivity contribution in [2.24, 2.45) is 0 Å². The van der Waals surface area contributed by atoms with Gasteiger partial charge in [-0.2, -0.15) is 21.6 Å². The van der Waals surface area contributed by atoms with Crippen molar-refractivity contribution in [3.8, 4) is 0 Å². The second-order valence-corrected chi connectivity index (χ2v) is 3.73. The minimum absolute atomic E-state index is 0. The van der Waals surface area contributed by atoms with Gasteiger partial charge in [0.05, 0.1) is 5.56 Å². The van der Waals surface area contributed by atoms with Crippen LogP contribution in [0, 0.1) is 0 Å². The number of rotatable bonds is 1. The number of hydrogen-bond donors (Lipinski definition) is 1. The number of hydrogen-bond acceptors (Lipinski definition) is 3. The number of halogens is 3. The van der Waals surface area contributed by atoms with Crippen molar-refractivity contribution in [3.05, 3.63) is 23.9 Å². The van der Waals surface area contributed by atoms with E-state index in [-0.39, 0.29) is 31.0 Å². The Morgan fingerprint density at radius 1 is 1.33 bits per heavy atom. The summed E-state index contributed by atoms with van der Waals surface area (Å²) in [5.74, 6) is 0. The van der Waals surface area contributed by atoms with Crippen LogP contribution in [0.2, 0.25) is 0 Å². The Balaban J connectivity index is 0. The van der Waals surface area contributed by atoms with E-state index in [4.69, 9.17) is 4.55 Å². The van der Waals surface area contributed by atoms with Gasteiger partial charge in [0.15, 0.2) is 5.03 Å². The summed E-state index contributed by atoms with van der Waals surface area (Å²) in [5.41, 5.74) is -1.08. The molecule has 0 saturated heterocycles. The van der Waals surface area contributed by atoms with Crippen LogP contribution in [0.3, 0.4) is 0 Å². The molecule has 0 aliphatic carbocycles. The fourth-order valence-corrected chi connectivity index (χ4v) is 1.13. The number of pyridine rings is 1. The first-order valence-corrected chi connectivity index (χ1v) is 4.66. The molecule has 9 heteroatoms. The molecule has 0 atom stereocenters. The largest absolute Gasteiger partial charge is 1.00 e. The second-order valence-electron chi connectivity index (χ2n) is 2.36. The molecule has 1 rings (SSSR count). The van der Waals surface area contributed by atoms with E-state index in [1.165, 1.54) is 0 Å². The van der Waals surface area contributed by atoms with Crippen molar-refractivity contribution in [2.45, 2.75) is 11.2 Å². The molecule has 0 aliphatic rings. The van der Waals surface area contributed by atoms with E-state index >= 15 is 0 Å². The van der Waals surface area contributed by atoms with Crippen LogP contribution >= 0.6 is 0 Å². The predicted octanol–water partition coefficient (Wildman–Crippen LogP) is -1.54. The van der Waals surface area contributed by atoms with Gasteiger partial charge in [0.1, 0.15) is 0 Å². The van der Waals surface area contributed by atoms with E-state index in [1.54, 1.807) is 0 Å². The quantitative estimate of drug-likeness (QED) is 0.485. The Morgan fingerprint density at radius 3 is 2.13 bits per heavy atom. The van der Waals surface area contributed by atoms with Crippen LogP contribution in [0.5, 0.6) is 0 Å². The van der Waals surface area contributed by atoms with E-state index in [0.717, 1.165) is 0 Å². The summed E-state index contributed by atoms with van der Waals surface area (Å²) in [5, 5.41) is -0.814. The van der Waals surface area contributed by atoms with Crippen LogP contribution < -0.4 is 29.6 Å². The third kappa shape index (κ3) is 4.07. The molecular formula is C6H5F3NNaO3S. The second kappa shape index (κ2) is 4.79. The maximum absolute atomic E-state index is 12.0. The first kappa shape index (κ1) is 14.8. The zero-order valence-electron chi connectivity index (χ0n) is 8.49. The third-order valence-electron chi connectivity index (χ3n) is 1.33. The minimum atomic E-state index is -4.58. The van der Waals surface area contributed by atoms with Gasteiger partial charge in [0.25, 0.3) is 0 Å². The zero-order chi connectivity index (χ0) is 11.0. The average Bonchev–Trinajstić information content (AvgIpc) is 2.01. The maximum atomic E-state index is 12.0. The first-order chi connectivity index (χ1) is 6.21. The van der Waals surface area contributed by atoms with Crippen molar-refractivity contribution in [2.75, 3.05) is 0 Å². The summed E-state index contributed by atoms with van der Waals surface area (Å²) < 4.78 is 65.1. The topological polar surface area (TPSA) is 67.3 Å². The van der Waals surface area contributed by atoms with E-state index in [2.05, 4.69) is 4.98 Å². The van der Waals surface area contributed by atoms with Crippen LogP contribution in [0.15, 0.2) is 23.4 Å². The fraction of sp³-hybridized carbons (Fsp3) is 0.167. The summed E-state index contributed by atoms with van der Waals surface area (Å²) in [6.07, 6.45) is -4.24. The van der Waals surface area contributed by atoms with Gasteiger partial charge in [-0.15, -0.1) is 0 Å². The molecule has 0 unspecified atom stereocenters. The number of aromatic nitrogens is 1. The van der Waals surface area contributed by atoms with Gasteiger partial charge in [-0.3, -0.25) is 4.55 Å². The standard InChI is InChI=1S/C6H4F3NO3S.Na.H/c7-6(8,9)4-1-2-5(10-3-4)14(11,12)13;;/h1-3H,(H,11,12,13);;/q;+1;-1. The zero-order valence-corrected chi connectivity index (χ0v) is 10.3. The summed E-state index contributed by atoms with van der Waals surface area (Å²) in [6.45, 7) is 0. The molecule has 1 heterocycles. The minimum Gasteiger partial charge on any atom is -1.00 e. The van der Waals surface area contributed by atoms with Crippen LogP contribution in [-0.4, -0.2) is 18.0 Å². The van der Waals surface area contributed by atoms with Crippen molar-refractivity contribution >= 4 is 10.1 Å². The summed E-state index contributed by atoms with van der Waals surface area (Å²) in [6, 6.07) is 1.11. The van der Waals surface area contributed by atoms with Crippen LogP contribution in [0.25, 0.3) is 0 Å². The Bertz CT molecular complexity index is 433. The molecule has 1 aromatic rings. The molecule has 0 aromatic carbocycles. The van der Waals surface area contributed by atoms with Gasteiger partial charge < -0.3 is 1.43 Å². The number of nitrogens with zero attached hydrogens (tertiary/aromatic N) is 1. The van der Waals surface area contributed by atoms with E-state index in [9.17, 15) is 21.6 Å². The summed E-state index contributed by atoms with van der Waals surface area (Å²) >= 11 is 0. The molecule has 0 aliphatic heterocycles. The van der Waals surface area contributed by atoms with Crippen LogP contribution in [0.4, 0.5) is 13.2 Å². The molecular weight excluding hydrogens is 246 g/mol. The predicted molar refractivity (Wildman–Crippen MR) is 40.2 cm³/mol. The van der Waals surface area contributed by atoms with E-state index < -0.39 is 26.9 Å². The molecule has 80 valence electrons. The summed E-state index contributed by atoms with van der Waals surface area (Å²) in [7, 11) is -4.54. The molecule has 1 aromatic heterocycles. The molecule has 0 amide bonds.